The van der Waals surface area contributed by atoms with Crippen molar-refractivity contribution in [2.75, 3.05) is 26.7 Å². The second kappa shape index (κ2) is 13.7. The second-order valence-electron chi connectivity index (χ2n) is 10.2. The average molecular weight is 552 g/mol. The third kappa shape index (κ3) is 10.6. The number of ether oxygens (including phenoxy) is 1. The minimum Gasteiger partial charge on any atom is -0.444 e. The molecule has 0 aromatic heterocycles. The Morgan fingerprint density at radius 2 is 1.71 bits per heavy atom. The highest BCUT2D eigenvalue weighted by Crippen LogP contribution is 2.25. The molecule has 31 heavy (non-hydrogen) atoms. The van der Waals surface area contributed by atoms with Crippen LogP contribution in [-0.4, -0.2) is 67.4 Å². The molecule has 1 heterocycles. The van der Waals surface area contributed by atoms with E-state index in [2.05, 4.69) is 39.7 Å². The quantitative estimate of drug-likeness (QED) is 0.263. The molecular formula is C23H46IN5O2. The summed E-state index contributed by atoms with van der Waals surface area (Å²) < 4.78 is 5.40. The van der Waals surface area contributed by atoms with Crippen molar-refractivity contribution in [3.05, 3.63) is 0 Å². The number of nitrogens with one attached hydrogen (secondary N) is 3. The zero-order valence-corrected chi connectivity index (χ0v) is 22.8. The summed E-state index contributed by atoms with van der Waals surface area (Å²) in [7, 11) is 1.80. The molecule has 8 heteroatoms. The van der Waals surface area contributed by atoms with Crippen LogP contribution in [0, 0.1) is 5.92 Å². The third-order valence-electron chi connectivity index (χ3n) is 6.18. The summed E-state index contributed by atoms with van der Waals surface area (Å²) in [6, 6.07) is 1.22. The van der Waals surface area contributed by atoms with E-state index in [1.807, 2.05) is 20.8 Å². The molecule has 1 aliphatic carbocycles. The molecule has 1 amide bonds. The zero-order valence-electron chi connectivity index (χ0n) is 20.5. The van der Waals surface area contributed by atoms with Crippen molar-refractivity contribution in [2.45, 2.75) is 103 Å². The van der Waals surface area contributed by atoms with Crippen LogP contribution < -0.4 is 16.0 Å². The maximum atomic E-state index is 12.2. The fourth-order valence-corrected chi connectivity index (χ4v) is 4.36. The second-order valence-corrected chi connectivity index (χ2v) is 10.2. The number of nitrogens with zero attached hydrogens (tertiary/aromatic N) is 2. The molecule has 2 rings (SSSR count). The van der Waals surface area contributed by atoms with Gasteiger partial charge in [0.05, 0.1) is 6.04 Å². The highest BCUT2D eigenvalue weighted by atomic mass is 127. The molecule has 182 valence electrons. The van der Waals surface area contributed by atoms with Gasteiger partial charge in [-0.25, -0.2) is 4.79 Å². The van der Waals surface area contributed by atoms with Gasteiger partial charge >= 0.3 is 6.09 Å². The first-order chi connectivity index (χ1) is 14.2. The number of aliphatic imine (C=N–C) groups is 1. The van der Waals surface area contributed by atoms with Gasteiger partial charge in [-0.05, 0) is 52.4 Å². The molecule has 7 nitrogen and oxygen atoms in total. The Bertz CT molecular complexity index is 551. The number of hydrogen-bond acceptors (Lipinski definition) is 4. The number of halogens is 1. The summed E-state index contributed by atoms with van der Waals surface area (Å²) in [5, 5.41) is 9.96. The fourth-order valence-electron chi connectivity index (χ4n) is 4.36. The van der Waals surface area contributed by atoms with Gasteiger partial charge in [0, 0.05) is 38.8 Å². The van der Waals surface area contributed by atoms with Crippen LogP contribution in [0.4, 0.5) is 4.79 Å². The summed E-state index contributed by atoms with van der Waals surface area (Å²) in [4.78, 5) is 19.3. The molecule has 1 aliphatic heterocycles. The molecule has 1 atom stereocenters. The molecule has 0 radical (unpaired) electrons. The number of amides is 1. The van der Waals surface area contributed by atoms with Gasteiger partial charge in [-0.15, -0.1) is 24.0 Å². The van der Waals surface area contributed by atoms with E-state index in [9.17, 15) is 4.79 Å². The summed E-state index contributed by atoms with van der Waals surface area (Å²) in [5.74, 6) is 1.09. The van der Waals surface area contributed by atoms with Crippen molar-refractivity contribution >= 4 is 36.0 Å². The highest BCUT2D eigenvalue weighted by Gasteiger charge is 2.27. The number of guanidine groups is 1. The number of carbonyl (C=O) groups is 1. The van der Waals surface area contributed by atoms with E-state index < -0.39 is 5.60 Å². The molecule has 0 aromatic rings. The van der Waals surface area contributed by atoms with Crippen LogP contribution in [0.25, 0.3) is 0 Å². The molecule has 1 unspecified atom stereocenters. The molecule has 0 spiro atoms. The Labute approximate surface area is 206 Å². The van der Waals surface area contributed by atoms with E-state index in [4.69, 9.17) is 4.74 Å². The summed E-state index contributed by atoms with van der Waals surface area (Å²) in [6.45, 7) is 12.8. The minimum atomic E-state index is -0.497. The van der Waals surface area contributed by atoms with E-state index in [0.29, 0.717) is 12.6 Å². The number of likely N-dealkylation sites (tertiary alicyclic amines) is 1. The molecule has 1 saturated heterocycles. The van der Waals surface area contributed by atoms with Gasteiger partial charge in [0.25, 0.3) is 0 Å². The van der Waals surface area contributed by atoms with Crippen molar-refractivity contribution in [3.8, 4) is 0 Å². The average Bonchev–Trinajstić information content (AvgIpc) is 2.69. The van der Waals surface area contributed by atoms with Gasteiger partial charge in [-0.1, -0.05) is 33.1 Å². The predicted octanol–water partition coefficient (Wildman–Crippen LogP) is 4.12. The van der Waals surface area contributed by atoms with Gasteiger partial charge in [-0.2, -0.15) is 0 Å². The number of hydrogen-bond donors (Lipinski definition) is 3. The molecule has 0 bridgehead atoms. The van der Waals surface area contributed by atoms with E-state index in [-0.39, 0.29) is 42.0 Å². The number of rotatable bonds is 6. The van der Waals surface area contributed by atoms with Crippen molar-refractivity contribution in [1.82, 2.24) is 20.9 Å². The summed E-state index contributed by atoms with van der Waals surface area (Å²) in [6.07, 6.45) is 8.90. The molecule has 2 aliphatic rings. The first-order valence-electron chi connectivity index (χ1n) is 11.9. The maximum absolute atomic E-state index is 12.2. The smallest absolute Gasteiger partial charge is 0.407 e. The Morgan fingerprint density at radius 1 is 1.10 bits per heavy atom. The van der Waals surface area contributed by atoms with Crippen molar-refractivity contribution < 1.29 is 9.53 Å². The molecule has 3 N–H and O–H groups in total. The van der Waals surface area contributed by atoms with Gasteiger partial charge in [0.2, 0.25) is 0 Å². The topological polar surface area (TPSA) is 78.0 Å². The van der Waals surface area contributed by atoms with Gasteiger partial charge in [0.15, 0.2) is 5.96 Å². The van der Waals surface area contributed by atoms with E-state index >= 15 is 0 Å². The lowest BCUT2D eigenvalue weighted by molar-refractivity contribution is 0.0491. The standard InChI is InChI=1S/C23H45N5O2.HI/c1-17(2)20(27-22(29)30-23(3,4)5)16-25-21(24-6)26-18-12-14-28(15-13-18)19-10-8-7-9-11-19;/h17-20H,7-16H2,1-6H3,(H,27,29)(H2,24,25,26);1H. The van der Waals surface area contributed by atoms with Crippen LogP contribution in [0.3, 0.4) is 0 Å². The Kier molecular flexibility index (Phi) is 12.5. The number of alkyl carbamates (subject to hydrolysis) is 1. The molecular weight excluding hydrogens is 505 g/mol. The number of carbonyl (C=O) groups excluding carboxylic acids is 1. The fraction of sp³-hybridized carbons (Fsp3) is 0.913. The van der Waals surface area contributed by atoms with Crippen molar-refractivity contribution in [2.24, 2.45) is 10.9 Å². The van der Waals surface area contributed by atoms with Gasteiger partial charge < -0.3 is 25.6 Å². The SMILES string of the molecule is CN=C(NCC(NC(=O)OC(C)(C)C)C(C)C)NC1CCN(C2CCCCC2)CC1.I. The van der Waals surface area contributed by atoms with Crippen molar-refractivity contribution in [1.29, 1.82) is 0 Å². The first-order valence-corrected chi connectivity index (χ1v) is 11.9. The predicted molar refractivity (Wildman–Crippen MR) is 139 cm³/mol. The molecule has 2 fully saturated rings. The van der Waals surface area contributed by atoms with Crippen LogP contribution >= 0.6 is 24.0 Å². The van der Waals surface area contributed by atoms with Crippen LogP contribution in [-0.2, 0) is 4.74 Å². The normalized spacial score (nSPS) is 20.7. The van der Waals surface area contributed by atoms with Crippen LogP contribution in [0.2, 0.25) is 0 Å². The highest BCUT2D eigenvalue weighted by molar-refractivity contribution is 14.0. The lowest BCUT2D eigenvalue weighted by Gasteiger charge is -2.39. The Morgan fingerprint density at radius 3 is 2.23 bits per heavy atom. The van der Waals surface area contributed by atoms with Crippen LogP contribution in [0.15, 0.2) is 4.99 Å². The zero-order chi connectivity index (χ0) is 22.1. The lowest BCUT2D eigenvalue weighted by Crippen LogP contribution is -2.53. The van der Waals surface area contributed by atoms with E-state index in [1.54, 1.807) is 7.05 Å². The Hall–Kier alpha value is -0.770. The first kappa shape index (κ1) is 28.3. The summed E-state index contributed by atoms with van der Waals surface area (Å²) in [5.41, 5.74) is -0.497. The van der Waals surface area contributed by atoms with Crippen LogP contribution in [0.1, 0.15) is 79.6 Å². The van der Waals surface area contributed by atoms with Crippen LogP contribution in [0.5, 0.6) is 0 Å². The maximum Gasteiger partial charge on any atom is 0.407 e. The van der Waals surface area contributed by atoms with Crippen molar-refractivity contribution in [3.63, 3.8) is 0 Å². The third-order valence-corrected chi connectivity index (χ3v) is 6.18. The largest absolute Gasteiger partial charge is 0.444 e. The lowest BCUT2D eigenvalue weighted by atomic mass is 9.92. The Balaban J connectivity index is 0.00000480. The molecule has 1 saturated carbocycles. The number of piperidine rings is 1. The monoisotopic (exact) mass is 551 g/mol. The van der Waals surface area contributed by atoms with E-state index in [1.165, 1.54) is 45.2 Å². The summed E-state index contributed by atoms with van der Waals surface area (Å²) >= 11 is 0. The molecule has 0 aromatic carbocycles. The van der Waals surface area contributed by atoms with Gasteiger partial charge in [0.1, 0.15) is 5.60 Å². The van der Waals surface area contributed by atoms with E-state index in [0.717, 1.165) is 24.8 Å². The minimum absolute atomic E-state index is 0. The van der Waals surface area contributed by atoms with Gasteiger partial charge in [-0.3, -0.25) is 4.99 Å².